The number of fused-ring (bicyclic) bond motifs is 6. The highest BCUT2D eigenvalue weighted by atomic mass is 79.9. The fourth-order valence-corrected chi connectivity index (χ4v) is 9.18. The smallest absolute Gasteiger partial charge is 0.411 e. The van der Waals surface area contributed by atoms with Crippen LogP contribution in [0, 0.1) is 11.7 Å². The standard InChI is InChI=1S/C38H44BrClFN4O8P/c1-5-52-54(50,53-6-2)21-34(47)45(18-17-33(46)35-27(39)15-16-28(40)36(35)41)32-12-7-9-22(3)37(48)44-30-19-23(42-38(49)51-4)13-14-25(30)26-20-31(32)43-29-11-8-10-24(26)29/h13-16,19-20,22,32H,5-12,17-18,21H2,1-4H3,(H,42,49)(H,44,48)/t22-,32+/m1/s1. The van der Waals surface area contributed by atoms with Crippen LogP contribution >= 0.6 is 35.1 Å². The monoisotopic (exact) mass is 848 g/mol. The number of aromatic nitrogens is 1. The van der Waals surface area contributed by atoms with Crippen molar-refractivity contribution in [3.05, 3.63) is 74.2 Å². The molecule has 0 fully saturated rings. The van der Waals surface area contributed by atoms with Crippen LogP contribution in [0.4, 0.5) is 20.6 Å². The molecular weight excluding hydrogens is 806 g/mol. The number of pyridine rings is 1. The van der Waals surface area contributed by atoms with Gasteiger partial charge in [0.15, 0.2) is 11.6 Å². The van der Waals surface area contributed by atoms with E-state index < -0.39 is 49.3 Å². The Balaban J connectivity index is 1.65. The number of aryl methyl sites for hydroxylation is 1. The van der Waals surface area contributed by atoms with E-state index in [4.69, 9.17) is 30.4 Å². The number of hydrogen-bond acceptors (Lipinski definition) is 9. The number of benzene rings is 2. The molecule has 1 aromatic heterocycles. The van der Waals surface area contributed by atoms with Crippen LogP contribution in [0.5, 0.6) is 0 Å². The second-order valence-electron chi connectivity index (χ2n) is 13.2. The summed E-state index contributed by atoms with van der Waals surface area (Å²) in [5.74, 6) is -2.74. The number of halogens is 3. The summed E-state index contributed by atoms with van der Waals surface area (Å²) in [5.41, 5.74) is 4.54. The molecule has 2 atom stereocenters. The molecule has 2 aromatic carbocycles. The van der Waals surface area contributed by atoms with Crippen molar-refractivity contribution in [2.45, 2.75) is 71.8 Å². The number of nitrogens with zero attached hydrogens (tertiary/aromatic N) is 2. The average molecular weight is 850 g/mol. The lowest BCUT2D eigenvalue weighted by atomic mass is 9.91. The summed E-state index contributed by atoms with van der Waals surface area (Å²) < 4.78 is 44.9. The average Bonchev–Trinajstić information content (AvgIpc) is 3.61. The lowest BCUT2D eigenvalue weighted by Gasteiger charge is -2.34. The predicted molar refractivity (Wildman–Crippen MR) is 208 cm³/mol. The third-order valence-corrected chi connectivity index (χ3v) is 12.5. The predicted octanol–water partition coefficient (Wildman–Crippen LogP) is 9.14. The normalized spacial score (nSPS) is 17.0. The first-order chi connectivity index (χ1) is 25.8. The molecule has 0 radical (unpaired) electrons. The zero-order valence-corrected chi connectivity index (χ0v) is 33.9. The van der Waals surface area contributed by atoms with Crippen LogP contribution < -0.4 is 10.6 Å². The van der Waals surface area contributed by atoms with E-state index in [2.05, 4.69) is 26.6 Å². The van der Waals surface area contributed by atoms with Crippen LogP contribution in [0.1, 0.15) is 86.2 Å². The molecule has 3 amide bonds. The Labute approximate surface area is 327 Å². The zero-order valence-electron chi connectivity index (χ0n) is 30.6. The van der Waals surface area contributed by atoms with Crippen molar-refractivity contribution in [1.82, 2.24) is 9.88 Å². The van der Waals surface area contributed by atoms with E-state index in [0.717, 1.165) is 29.7 Å². The minimum Gasteiger partial charge on any atom is -0.453 e. The van der Waals surface area contributed by atoms with Gasteiger partial charge in [0, 0.05) is 40.3 Å². The molecule has 54 heavy (non-hydrogen) atoms. The van der Waals surface area contributed by atoms with Gasteiger partial charge in [-0.1, -0.05) is 31.0 Å². The molecule has 3 aromatic rings. The van der Waals surface area contributed by atoms with Crippen molar-refractivity contribution in [3.63, 3.8) is 0 Å². The third kappa shape index (κ3) is 9.57. The molecule has 0 saturated carbocycles. The Morgan fingerprint density at radius 1 is 1.07 bits per heavy atom. The van der Waals surface area contributed by atoms with E-state index in [1.54, 1.807) is 32.9 Å². The number of carbonyl (C=O) groups excluding carboxylic acids is 4. The molecule has 1 aliphatic carbocycles. The Morgan fingerprint density at radius 2 is 1.81 bits per heavy atom. The van der Waals surface area contributed by atoms with Gasteiger partial charge in [-0.25, -0.2) is 9.18 Å². The maximum absolute atomic E-state index is 15.2. The Kier molecular flexibility index (Phi) is 14.1. The van der Waals surface area contributed by atoms with Gasteiger partial charge in [-0.2, -0.15) is 0 Å². The van der Waals surface area contributed by atoms with Gasteiger partial charge in [-0.15, -0.1) is 0 Å². The van der Waals surface area contributed by atoms with Gasteiger partial charge in [-0.3, -0.25) is 29.2 Å². The summed E-state index contributed by atoms with van der Waals surface area (Å²) in [6.45, 7) is 5.01. The fourth-order valence-electron chi connectivity index (χ4n) is 6.93. The molecule has 0 unspecified atom stereocenters. The second-order valence-corrected chi connectivity index (χ2v) is 16.5. The maximum Gasteiger partial charge on any atom is 0.411 e. The van der Waals surface area contributed by atoms with Gasteiger partial charge in [0.2, 0.25) is 11.8 Å². The lowest BCUT2D eigenvalue weighted by molar-refractivity contribution is -0.131. The van der Waals surface area contributed by atoms with Gasteiger partial charge in [0.05, 0.1) is 48.3 Å². The van der Waals surface area contributed by atoms with Crippen molar-refractivity contribution in [2.24, 2.45) is 5.92 Å². The summed E-state index contributed by atoms with van der Waals surface area (Å²) >= 11 is 9.29. The highest BCUT2D eigenvalue weighted by Gasteiger charge is 2.36. The van der Waals surface area contributed by atoms with Gasteiger partial charge < -0.3 is 24.0 Å². The van der Waals surface area contributed by atoms with E-state index in [9.17, 15) is 23.7 Å². The first-order valence-corrected chi connectivity index (χ1v) is 20.9. The van der Waals surface area contributed by atoms with Crippen LogP contribution in [0.3, 0.4) is 0 Å². The molecule has 290 valence electrons. The van der Waals surface area contributed by atoms with E-state index in [0.29, 0.717) is 48.3 Å². The van der Waals surface area contributed by atoms with Crippen molar-refractivity contribution in [2.75, 3.05) is 43.7 Å². The highest BCUT2D eigenvalue weighted by Crippen LogP contribution is 2.49. The van der Waals surface area contributed by atoms with E-state index in [-0.39, 0.29) is 47.1 Å². The summed E-state index contributed by atoms with van der Waals surface area (Å²) in [4.78, 5) is 60.3. The first-order valence-electron chi connectivity index (χ1n) is 18.0. The summed E-state index contributed by atoms with van der Waals surface area (Å²) in [6.07, 6.45) is 1.97. The second kappa shape index (κ2) is 18.3. The Hall–Kier alpha value is -3.68. The van der Waals surface area contributed by atoms with E-state index >= 15 is 4.39 Å². The largest absolute Gasteiger partial charge is 0.453 e. The van der Waals surface area contributed by atoms with Crippen molar-refractivity contribution < 1.29 is 41.9 Å². The molecule has 2 N–H and O–H groups in total. The number of Topliss-reactive ketones (excluding diaryl/α,β-unsaturated/α-hetero) is 1. The minimum absolute atomic E-state index is 0.0422. The van der Waals surface area contributed by atoms with Crippen LogP contribution in [0.25, 0.3) is 11.1 Å². The molecule has 2 bridgehead atoms. The molecular formula is C38H44BrClFN4O8P. The quantitative estimate of drug-likeness (QED) is 0.103. The topological polar surface area (TPSA) is 153 Å². The van der Waals surface area contributed by atoms with Crippen molar-refractivity contribution in [3.8, 4) is 11.1 Å². The molecule has 16 heteroatoms. The number of anilines is 2. The van der Waals surface area contributed by atoms with Crippen LogP contribution in [0.2, 0.25) is 5.02 Å². The first kappa shape index (κ1) is 41.5. The van der Waals surface area contributed by atoms with Crippen LogP contribution in [-0.2, 0) is 40.8 Å². The minimum atomic E-state index is -3.90. The number of ether oxygens (including phenoxy) is 1. The van der Waals surface area contributed by atoms with Crippen LogP contribution in [-0.4, -0.2) is 66.6 Å². The van der Waals surface area contributed by atoms with Gasteiger partial charge in [0.1, 0.15) is 6.16 Å². The summed E-state index contributed by atoms with van der Waals surface area (Å²) in [6, 6.07) is 9.18. The summed E-state index contributed by atoms with van der Waals surface area (Å²) in [5, 5.41) is 5.50. The molecule has 0 saturated heterocycles. The Morgan fingerprint density at radius 3 is 2.52 bits per heavy atom. The molecule has 2 heterocycles. The SMILES string of the molecule is CCOP(=O)(CC(=O)N(CCC(=O)c1c(Br)ccc(Cl)c1F)[C@H]1CCC[C@@H](C)C(=O)Nc2cc(NC(=O)OC)ccc2-c2cc1nc1c2CCC1)OCC. The maximum atomic E-state index is 15.2. The fraction of sp³-hybridized carbons (Fsp3) is 0.447. The van der Waals surface area contributed by atoms with Gasteiger partial charge in [0.25, 0.3) is 0 Å². The van der Waals surface area contributed by atoms with E-state index in [1.165, 1.54) is 24.1 Å². The molecule has 2 aliphatic rings. The number of ketones is 1. The van der Waals surface area contributed by atoms with Crippen molar-refractivity contribution in [1.29, 1.82) is 0 Å². The van der Waals surface area contributed by atoms with E-state index in [1.807, 2.05) is 12.1 Å². The highest BCUT2D eigenvalue weighted by molar-refractivity contribution is 9.10. The summed E-state index contributed by atoms with van der Waals surface area (Å²) in [7, 11) is -2.64. The van der Waals surface area contributed by atoms with Crippen molar-refractivity contribution >= 4 is 70.2 Å². The number of nitrogens with one attached hydrogen (secondary N) is 2. The molecule has 1 aliphatic heterocycles. The Bertz CT molecular complexity index is 1970. The van der Waals surface area contributed by atoms with Crippen LogP contribution in [0.15, 0.2) is 40.9 Å². The molecule has 0 spiro atoms. The van der Waals surface area contributed by atoms with Gasteiger partial charge >= 0.3 is 13.7 Å². The number of hydrogen-bond donors (Lipinski definition) is 2. The van der Waals surface area contributed by atoms with Gasteiger partial charge in [-0.05, 0) is 103 Å². The zero-order chi connectivity index (χ0) is 39.2. The number of amides is 3. The number of rotatable bonds is 12. The number of carbonyl (C=O) groups is 4. The number of methoxy groups -OCH3 is 1. The molecule has 12 nitrogen and oxygen atoms in total. The third-order valence-electron chi connectivity index (χ3n) is 9.55. The lowest BCUT2D eigenvalue weighted by Crippen LogP contribution is -2.39. The molecule has 5 rings (SSSR count).